The second-order valence-corrected chi connectivity index (χ2v) is 10.3. The highest BCUT2D eigenvalue weighted by atomic mass is 32.1. The normalized spacial score (nSPS) is 16.7. The van der Waals surface area contributed by atoms with E-state index in [-0.39, 0.29) is 11.6 Å². The second kappa shape index (κ2) is 9.40. The van der Waals surface area contributed by atoms with Gasteiger partial charge in [0.25, 0.3) is 5.56 Å². The summed E-state index contributed by atoms with van der Waals surface area (Å²) >= 11 is 1.49. The number of benzene rings is 3. The molecular weight excluding hydrogens is 462 g/mol. The molecule has 1 atom stereocenters. The summed E-state index contributed by atoms with van der Waals surface area (Å²) in [4.78, 5) is 22.0. The summed E-state index contributed by atoms with van der Waals surface area (Å²) in [6.07, 6.45) is 3.89. The van der Waals surface area contributed by atoms with Gasteiger partial charge >= 0.3 is 0 Å². The van der Waals surface area contributed by atoms with Crippen LogP contribution in [0.4, 0.5) is 5.69 Å². The van der Waals surface area contributed by atoms with E-state index < -0.39 is 0 Å². The summed E-state index contributed by atoms with van der Waals surface area (Å²) in [5.41, 5.74) is 8.21. The van der Waals surface area contributed by atoms with Crippen molar-refractivity contribution < 1.29 is 0 Å². The summed E-state index contributed by atoms with van der Waals surface area (Å²) in [5.74, 6) is 0. The molecule has 0 spiro atoms. The predicted molar refractivity (Wildman–Crippen MR) is 149 cm³/mol. The van der Waals surface area contributed by atoms with Crippen LogP contribution in [-0.2, 0) is 6.42 Å². The van der Waals surface area contributed by atoms with Crippen LogP contribution in [0, 0.1) is 0 Å². The van der Waals surface area contributed by atoms with E-state index >= 15 is 0 Å². The standard InChI is InChI=1S/C31H29N3OS/c1-3-33(4-2)24-17-14-21(15-18-24)20-27-30(35)34-29(23-11-6-5-7-12-23)26-19-16-22-10-8-9-13-25(22)28(26)32-31(34)36-27/h5-15,17-18,20,29H,3-4,16,19H2,1-2H3/b27-20-/t29-/m0/s1. The van der Waals surface area contributed by atoms with Gasteiger partial charge in [-0.25, -0.2) is 4.99 Å². The minimum atomic E-state index is -0.127. The zero-order chi connectivity index (χ0) is 24.6. The predicted octanol–water partition coefficient (Wildman–Crippen LogP) is 5.16. The van der Waals surface area contributed by atoms with Gasteiger partial charge < -0.3 is 4.90 Å². The smallest absolute Gasteiger partial charge is 0.271 e. The van der Waals surface area contributed by atoms with Gasteiger partial charge in [0, 0.05) is 24.3 Å². The molecule has 1 aliphatic heterocycles. The molecule has 0 amide bonds. The van der Waals surface area contributed by atoms with E-state index in [2.05, 4.69) is 91.5 Å². The first kappa shape index (κ1) is 22.7. The molecule has 0 saturated carbocycles. The van der Waals surface area contributed by atoms with Gasteiger partial charge in [-0.3, -0.25) is 9.36 Å². The van der Waals surface area contributed by atoms with E-state index in [4.69, 9.17) is 4.99 Å². The molecule has 1 aliphatic carbocycles. The van der Waals surface area contributed by atoms with Crippen molar-refractivity contribution in [2.45, 2.75) is 32.7 Å². The Balaban J connectivity index is 1.52. The zero-order valence-electron chi connectivity index (χ0n) is 20.6. The molecule has 0 radical (unpaired) electrons. The summed E-state index contributed by atoms with van der Waals surface area (Å²) in [5, 5.41) is 0. The molecule has 0 unspecified atom stereocenters. The molecule has 0 fully saturated rings. The number of hydrogen-bond acceptors (Lipinski definition) is 4. The van der Waals surface area contributed by atoms with Crippen LogP contribution < -0.4 is 19.8 Å². The molecule has 36 heavy (non-hydrogen) atoms. The molecule has 4 nitrogen and oxygen atoms in total. The molecule has 2 heterocycles. The average Bonchev–Trinajstić information content (AvgIpc) is 3.23. The fraction of sp³-hybridized carbons (Fsp3) is 0.226. The van der Waals surface area contributed by atoms with Crippen LogP contribution in [-0.4, -0.2) is 17.7 Å². The highest BCUT2D eigenvalue weighted by molar-refractivity contribution is 7.07. The van der Waals surface area contributed by atoms with Crippen molar-refractivity contribution in [1.29, 1.82) is 0 Å². The summed E-state index contributed by atoms with van der Waals surface area (Å²) in [6.45, 7) is 6.28. The fourth-order valence-electron chi connectivity index (χ4n) is 5.48. The summed E-state index contributed by atoms with van der Waals surface area (Å²) in [7, 11) is 0. The van der Waals surface area contributed by atoms with Crippen molar-refractivity contribution in [2.24, 2.45) is 4.99 Å². The molecule has 6 rings (SSSR count). The third kappa shape index (κ3) is 3.84. The first-order chi connectivity index (χ1) is 17.7. The third-order valence-corrected chi connectivity index (χ3v) is 8.29. The molecule has 3 aromatic carbocycles. The van der Waals surface area contributed by atoms with Crippen molar-refractivity contribution in [2.75, 3.05) is 18.0 Å². The Morgan fingerprint density at radius 1 is 0.944 bits per heavy atom. The quantitative estimate of drug-likeness (QED) is 0.387. The van der Waals surface area contributed by atoms with Gasteiger partial charge in [0.15, 0.2) is 4.80 Å². The molecule has 5 heteroatoms. The van der Waals surface area contributed by atoms with E-state index in [0.717, 1.165) is 52.1 Å². The SMILES string of the molecule is CCN(CC)c1ccc(/C=c2\sc3n(c2=O)[C@@H](c2ccccc2)C2=C(N=3)c3ccccc3CC2)cc1. The lowest BCUT2D eigenvalue weighted by Crippen LogP contribution is -2.38. The largest absolute Gasteiger partial charge is 0.372 e. The summed E-state index contributed by atoms with van der Waals surface area (Å²) < 4.78 is 2.64. The lowest BCUT2D eigenvalue weighted by atomic mass is 9.83. The van der Waals surface area contributed by atoms with Gasteiger partial charge in [0.1, 0.15) is 0 Å². The maximum atomic E-state index is 13.8. The van der Waals surface area contributed by atoms with Crippen molar-refractivity contribution in [3.05, 3.63) is 126 Å². The number of allylic oxidation sites excluding steroid dienone is 1. The van der Waals surface area contributed by atoms with Crippen LogP contribution in [0.15, 0.2) is 94.2 Å². The molecule has 0 saturated heterocycles. The van der Waals surface area contributed by atoms with Gasteiger partial charge in [-0.15, -0.1) is 0 Å². The van der Waals surface area contributed by atoms with Crippen LogP contribution in [0.5, 0.6) is 0 Å². The average molecular weight is 492 g/mol. The highest BCUT2D eigenvalue weighted by Crippen LogP contribution is 2.41. The molecular formula is C31H29N3OS. The van der Waals surface area contributed by atoms with E-state index in [0.29, 0.717) is 0 Å². The minimum absolute atomic E-state index is 0.0332. The molecule has 0 bridgehead atoms. The summed E-state index contributed by atoms with van der Waals surface area (Å²) in [6, 6.07) is 27.3. The van der Waals surface area contributed by atoms with Crippen LogP contribution >= 0.6 is 11.3 Å². The zero-order valence-corrected chi connectivity index (χ0v) is 21.5. The van der Waals surface area contributed by atoms with Crippen LogP contribution in [0.2, 0.25) is 0 Å². The van der Waals surface area contributed by atoms with Gasteiger partial charge in [-0.1, -0.05) is 78.1 Å². The van der Waals surface area contributed by atoms with E-state index in [1.807, 2.05) is 16.7 Å². The van der Waals surface area contributed by atoms with Crippen LogP contribution in [0.3, 0.4) is 0 Å². The number of hydrogen-bond donors (Lipinski definition) is 0. The van der Waals surface area contributed by atoms with Gasteiger partial charge in [-0.2, -0.15) is 0 Å². The number of fused-ring (bicyclic) bond motifs is 3. The highest BCUT2D eigenvalue weighted by Gasteiger charge is 2.32. The molecule has 4 aromatic rings. The minimum Gasteiger partial charge on any atom is -0.372 e. The van der Waals surface area contributed by atoms with Crippen LogP contribution in [0.1, 0.15) is 48.6 Å². The topological polar surface area (TPSA) is 37.6 Å². The Hall–Kier alpha value is -3.70. The lowest BCUT2D eigenvalue weighted by molar-refractivity contribution is 0.585. The van der Waals surface area contributed by atoms with Crippen molar-refractivity contribution in [3.8, 4) is 0 Å². The molecule has 2 aliphatic rings. The van der Waals surface area contributed by atoms with Gasteiger partial charge in [0.05, 0.1) is 16.3 Å². The molecule has 180 valence electrons. The maximum absolute atomic E-state index is 13.8. The van der Waals surface area contributed by atoms with E-state index in [1.165, 1.54) is 33.7 Å². The number of anilines is 1. The number of nitrogens with zero attached hydrogens (tertiary/aromatic N) is 3. The second-order valence-electron chi connectivity index (χ2n) is 9.29. The Kier molecular flexibility index (Phi) is 5.94. The first-order valence-corrected chi connectivity index (χ1v) is 13.5. The Bertz CT molecular complexity index is 1620. The number of aromatic nitrogens is 1. The van der Waals surface area contributed by atoms with Gasteiger partial charge in [0.2, 0.25) is 0 Å². The monoisotopic (exact) mass is 491 g/mol. The Morgan fingerprint density at radius 3 is 2.42 bits per heavy atom. The van der Waals surface area contributed by atoms with E-state index in [1.54, 1.807) is 0 Å². The van der Waals surface area contributed by atoms with Crippen LogP contribution in [0.25, 0.3) is 11.8 Å². The Morgan fingerprint density at radius 2 is 1.67 bits per heavy atom. The number of thiazole rings is 1. The fourth-order valence-corrected chi connectivity index (χ4v) is 6.48. The Labute approximate surface area is 215 Å². The molecule has 0 N–H and O–H groups in total. The first-order valence-electron chi connectivity index (χ1n) is 12.7. The van der Waals surface area contributed by atoms with Crippen molar-refractivity contribution >= 4 is 28.8 Å². The number of rotatable bonds is 5. The van der Waals surface area contributed by atoms with E-state index in [9.17, 15) is 4.79 Å². The third-order valence-electron chi connectivity index (χ3n) is 7.31. The van der Waals surface area contributed by atoms with Crippen molar-refractivity contribution in [1.82, 2.24) is 4.57 Å². The lowest BCUT2D eigenvalue weighted by Gasteiger charge is -2.30. The van der Waals surface area contributed by atoms with Gasteiger partial charge in [-0.05, 0) is 67.2 Å². The number of aryl methyl sites for hydroxylation is 1. The molecule has 1 aromatic heterocycles. The van der Waals surface area contributed by atoms with Crippen molar-refractivity contribution in [3.63, 3.8) is 0 Å². The maximum Gasteiger partial charge on any atom is 0.271 e.